The van der Waals surface area contributed by atoms with Crippen LogP contribution in [0.2, 0.25) is 0 Å². The Morgan fingerprint density at radius 3 is 2.62 bits per heavy atom. The largest absolute Gasteiger partial charge is 0.462 e. The number of carbonyl (C=O) groups excluding carboxylic acids is 1. The van der Waals surface area contributed by atoms with Crippen LogP contribution in [-0.2, 0) is 11.3 Å². The maximum atomic E-state index is 12.2. The first-order valence-electron chi connectivity index (χ1n) is 6.87. The van der Waals surface area contributed by atoms with Gasteiger partial charge in [-0.1, -0.05) is 30.3 Å². The highest BCUT2D eigenvalue weighted by Crippen LogP contribution is 2.09. The van der Waals surface area contributed by atoms with Gasteiger partial charge in [-0.05, 0) is 30.7 Å². The summed E-state index contributed by atoms with van der Waals surface area (Å²) in [4.78, 5) is 13.8. The predicted octanol–water partition coefficient (Wildman–Crippen LogP) is 2.62. The summed E-state index contributed by atoms with van der Waals surface area (Å²) in [6, 6.07) is 13.4. The Morgan fingerprint density at radius 1 is 1.24 bits per heavy atom. The van der Waals surface area contributed by atoms with E-state index in [0.29, 0.717) is 18.8 Å². The zero-order valence-electron chi connectivity index (χ0n) is 12.0. The Hall–Kier alpha value is -2.33. The second-order valence-electron chi connectivity index (χ2n) is 4.75. The van der Waals surface area contributed by atoms with E-state index in [0.717, 1.165) is 11.3 Å². The van der Waals surface area contributed by atoms with Gasteiger partial charge in [0.05, 0.1) is 6.61 Å². The summed E-state index contributed by atoms with van der Waals surface area (Å²) in [6.45, 7) is 2.57. The van der Waals surface area contributed by atoms with E-state index in [4.69, 9.17) is 9.52 Å². The van der Waals surface area contributed by atoms with Crippen molar-refractivity contribution in [3.05, 3.63) is 65.6 Å². The van der Waals surface area contributed by atoms with Crippen LogP contribution in [0.5, 0.6) is 0 Å². The summed E-state index contributed by atoms with van der Waals surface area (Å²) >= 11 is 0. The van der Waals surface area contributed by atoms with Crippen LogP contribution >= 0.6 is 0 Å². The van der Waals surface area contributed by atoms with Gasteiger partial charge in [0, 0.05) is 19.2 Å². The smallest absolute Gasteiger partial charge is 0.247 e. The molecule has 4 heteroatoms. The third kappa shape index (κ3) is 4.61. The molecule has 0 saturated carbocycles. The SMILES string of the molecule is Cc1ccc(/C=C/C(=O)N(CCO)Cc2ccccc2)o1. The molecule has 0 aliphatic heterocycles. The Bertz CT molecular complexity index is 602. The van der Waals surface area contributed by atoms with E-state index in [1.54, 1.807) is 11.0 Å². The van der Waals surface area contributed by atoms with E-state index in [1.807, 2.05) is 49.4 Å². The number of hydrogen-bond acceptors (Lipinski definition) is 3. The zero-order valence-corrected chi connectivity index (χ0v) is 12.0. The first-order valence-corrected chi connectivity index (χ1v) is 6.87. The lowest BCUT2D eigenvalue weighted by Crippen LogP contribution is -2.31. The van der Waals surface area contributed by atoms with Crippen molar-refractivity contribution in [3.8, 4) is 0 Å². The van der Waals surface area contributed by atoms with Gasteiger partial charge in [-0.25, -0.2) is 0 Å². The van der Waals surface area contributed by atoms with Crippen LogP contribution in [-0.4, -0.2) is 29.1 Å². The Morgan fingerprint density at radius 2 is 2.00 bits per heavy atom. The molecule has 2 aromatic rings. The molecule has 2 rings (SSSR count). The molecule has 0 fully saturated rings. The van der Waals surface area contributed by atoms with Gasteiger partial charge in [0.25, 0.3) is 0 Å². The first kappa shape index (κ1) is 15.1. The Balaban J connectivity index is 2.03. The molecule has 0 aliphatic carbocycles. The average molecular weight is 285 g/mol. The average Bonchev–Trinajstić information content (AvgIpc) is 2.91. The molecule has 21 heavy (non-hydrogen) atoms. The third-order valence-electron chi connectivity index (χ3n) is 3.05. The second kappa shape index (κ2) is 7.45. The highest BCUT2D eigenvalue weighted by Gasteiger charge is 2.10. The van der Waals surface area contributed by atoms with E-state index in [2.05, 4.69) is 0 Å². The van der Waals surface area contributed by atoms with Crippen molar-refractivity contribution < 1.29 is 14.3 Å². The number of amides is 1. The lowest BCUT2D eigenvalue weighted by atomic mass is 10.2. The van der Waals surface area contributed by atoms with Crippen LogP contribution in [0.15, 0.2) is 53.0 Å². The van der Waals surface area contributed by atoms with E-state index in [1.165, 1.54) is 6.08 Å². The molecule has 0 unspecified atom stereocenters. The van der Waals surface area contributed by atoms with Crippen molar-refractivity contribution in [3.63, 3.8) is 0 Å². The van der Waals surface area contributed by atoms with Gasteiger partial charge in [0.15, 0.2) is 0 Å². The molecule has 0 saturated heterocycles. The number of rotatable bonds is 6. The Labute approximate surface area is 124 Å². The van der Waals surface area contributed by atoms with Crippen LogP contribution in [0.1, 0.15) is 17.1 Å². The van der Waals surface area contributed by atoms with Crippen LogP contribution < -0.4 is 0 Å². The summed E-state index contributed by atoms with van der Waals surface area (Å²) in [6.07, 6.45) is 3.11. The molecule has 0 aliphatic rings. The number of nitrogens with zero attached hydrogens (tertiary/aromatic N) is 1. The van der Waals surface area contributed by atoms with E-state index in [-0.39, 0.29) is 12.5 Å². The van der Waals surface area contributed by atoms with Crippen molar-refractivity contribution >= 4 is 12.0 Å². The standard InChI is InChI=1S/C17H19NO3/c1-14-7-8-16(21-14)9-10-17(20)18(11-12-19)13-15-5-3-2-4-6-15/h2-10,19H,11-13H2,1H3/b10-9+. The van der Waals surface area contributed by atoms with Gasteiger partial charge in [-0.15, -0.1) is 0 Å². The molecule has 4 nitrogen and oxygen atoms in total. The van der Waals surface area contributed by atoms with Crippen LogP contribution in [0, 0.1) is 6.92 Å². The lowest BCUT2D eigenvalue weighted by molar-refractivity contribution is -0.127. The fourth-order valence-electron chi connectivity index (χ4n) is 1.99. The molecule has 0 spiro atoms. The van der Waals surface area contributed by atoms with Gasteiger partial charge in [-0.2, -0.15) is 0 Å². The predicted molar refractivity (Wildman–Crippen MR) is 81.4 cm³/mol. The van der Waals surface area contributed by atoms with Crippen molar-refractivity contribution in [1.82, 2.24) is 4.90 Å². The number of aliphatic hydroxyl groups is 1. The van der Waals surface area contributed by atoms with Crippen molar-refractivity contribution in [2.24, 2.45) is 0 Å². The molecular weight excluding hydrogens is 266 g/mol. The second-order valence-corrected chi connectivity index (χ2v) is 4.75. The summed E-state index contributed by atoms with van der Waals surface area (Å²) in [5.74, 6) is 1.30. The molecule has 110 valence electrons. The maximum Gasteiger partial charge on any atom is 0.247 e. The number of benzene rings is 1. The van der Waals surface area contributed by atoms with Crippen molar-refractivity contribution in [1.29, 1.82) is 0 Å². The highest BCUT2D eigenvalue weighted by atomic mass is 16.3. The summed E-state index contributed by atoms with van der Waals surface area (Å²) < 4.78 is 5.38. The van der Waals surface area contributed by atoms with Gasteiger partial charge < -0.3 is 14.4 Å². The minimum atomic E-state index is -0.151. The lowest BCUT2D eigenvalue weighted by Gasteiger charge is -2.20. The fourth-order valence-corrected chi connectivity index (χ4v) is 1.99. The molecule has 0 atom stereocenters. The first-order chi connectivity index (χ1) is 10.2. The fraction of sp³-hybridized carbons (Fsp3) is 0.235. The van der Waals surface area contributed by atoms with Crippen LogP contribution in [0.3, 0.4) is 0 Å². The van der Waals surface area contributed by atoms with Gasteiger partial charge in [0.1, 0.15) is 11.5 Å². The molecular formula is C17H19NO3. The topological polar surface area (TPSA) is 53.7 Å². The van der Waals surface area contributed by atoms with Crippen LogP contribution in [0.25, 0.3) is 6.08 Å². The van der Waals surface area contributed by atoms with E-state index < -0.39 is 0 Å². The Kier molecular flexibility index (Phi) is 5.35. The van der Waals surface area contributed by atoms with Crippen molar-refractivity contribution in [2.45, 2.75) is 13.5 Å². The number of carbonyl (C=O) groups is 1. The normalized spacial score (nSPS) is 11.0. The quantitative estimate of drug-likeness (QED) is 0.830. The third-order valence-corrected chi connectivity index (χ3v) is 3.05. The zero-order chi connectivity index (χ0) is 15.1. The molecule has 1 N–H and O–H groups in total. The summed E-state index contributed by atoms with van der Waals surface area (Å²) in [5.41, 5.74) is 1.03. The summed E-state index contributed by atoms with van der Waals surface area (Å²) in [7, 11) is 0. The van der Waals surface area contributed by atoms with E-state index >= 15 is 0 Å². The van der Waals surface area contributed by atoms with Crippen molar-refractivity contribution in [2.75, 3.05) is 13.2 Å². The number of furan rings is 1. The minimum Gasteiger partial charge on any atom is -0.462 e. The summed E-state index contributed by atoms with van der Waals surface area (Å²) in [5, 5.41) is 9.12. The van der Waals surface area contributed by atoms with Crippen LogP contribution in [0.4, 0.5) is 0 Å². The van der Waals surface area contributed by atoms with E-state index in [9.17, 15) is 4.79 Å². The molecule has 1 aromatic heterocycles. The monoisotopic (exact) mass is 285 g/mol. The minimum absolute atomic E-state index is 0.0632. The molecule has 1 amide bonds. The molecule has 1 heterocycles. The maximum absolute atomic E-state index is 12.2. The molecule has 0 radical (unpaired) electrons. The molecule has 1 aromatic carbocycles. The number of hydrogen-bond donors (Lipinski definition) is 1. The number of aryl methyl sites for hydroxylation is 1. The highest BCUT2D eigenvalue weighted by molar-refractivity contribution is 5.91. The number of aliphatic hydroxyl groups excluding tert-OH is 1. The molecule has 0 bridgehead atoms. The van der Waals surface area contributed by atoms with Gasteiger partial charge in [-0.3, -0.25) is 4.79 Å². The van der Waals surface area contributed by atoms with Gasteiger partial charge >= 0.3 is 0 Å². The van der Waals surface area contributed by atoms with Gasteiger partial charge in [0.2, 0.25) is 5.91 Å².